The van der Waals surface area contributed by atoms with Gasteiger partial charge in [-0.15, -0.1) is 0 Å². The van der Waals surface area contributed by atoms with Gasteiger partial charge >= 0.3 is 18.0 Å². The Bertz CT molecular complexity index is 1510. The topological polar surface area (TPSA) is 77.6 Å². The summed E-state index contributed by atoms with van der Waals surface area (Å²) in [6.07, 6.45) is -4.70. The van der Waals surface area contributed by atoms with Crippen LogP contribution in [0.4, 0.5) is 22.0 Å². The number of hydrogen-bond donors (Lipinski definition) is 0. The summed E-state index contributed by atoms with van der Waals surface area (Å²) in [5.74, 6) is -4.38. The number of carbonyl (C=O) groups is 1. The Morgan fingerprint density at radius 3 is 2.10 bits per heavy atom. The van der Waals surface area contributed by atoms with Gasteiger partial charge < -0.3 is 9.26 Å². The summed E-state index contributed by atoms with van der Waals surface area (Å²) in [5, 5.41) is 3.38. The normalized spacial score (nSPS) is 17.2. The van der Waals surface area contributed by atoms with Crippen molar-refractivity contribution >= 4 is 11.7 Å². The number of carbonyl (C=O) groups excluding carboxylic acids is 1. The summed E-state index contributed by atoms with van der Waals surface area (Å²) in [6, 6.07) is 16.5. The van der Waals surface area contributed by atoms with Crippen LogP contribution in [-0.2, 0) is 15.7 Å². The van der Waals surface area contributed by atoms with Crippen molar-refractivity contribution in [2.45, 2.75) is 25.6 Å². The first kappa shape index (κ1) is 26.2. The van der Waals surface area contributed by atoms with Crippen molar-refractivity contribution in [1.82, 2.24) is 10.1 Å². The van der Waals surface area contributed by atoms with Crippen molar-refractivity contribution in [2.75, 3.05) is 6.61 Å². The molecule has 1 aliphatic rings. The summed E-state index contributed by atoms with van der Waals surface area (Å²) in [4.78, 5) is 20.6. The van der Waals surface area contributed by atoms with Crippen molar-refractivity contribution in [1.29, 1.82) is 0 Å². The predicted molar refractivity (Wildman–Crippen MR) is 131 cm³/mol. The van der Waals surface area contributed by atoms with E-state index in [2.05, 4.69) is 19.7 Å². The van der Waals surface area contributed by atoms with Gasteiger partial charge in [0, 0.05) is 17.7 Å². The molecule has 1 aromatic heterocycles. The maximum Gasteiger partial charge on any atom is 0.471 e. The molecule has 2 atom stereocenters. The molecule has 11 heteroatoms. The fourth-order valence-electron chi connectivity index (χ4n) is 4.48. The van der Waals surface area contributed by atoms with E-state index >= 15 is 0 Å². The van der Waals surface area contributed by atoms with Crippen molar-refractivity contribution in [3.05, 3.63) is 95.4 Å². The Morgan fingerprint density at radius 2 is 1.54 bits per heavy atom. The predicted octanol–water partition coefficient (Wildman–Crippen LogP) is 6.81. The Balaban J connectivity index is 1.40. The molecule has 0 bridgehead atoms. The van der Waals surface area contributed by atoms with Gasteiger partial charge in [-0.3, -0.25) is 9.79 Å². The summed E-state index contributed by atoms with van der Waals surface area (Å²) in [6.45, 7) is 1.83. The first-order valence-electron chi connectivity index (χ1n) is 11.9. The van der Waals surface area contributed by atoms with Crippen molar-refractivity contribution in [3.63, 3.8) is 0 Å². The number of ether oxygens (including phenoxy) is 1. The summed E-state index contributed by atoms with van der Waals surface area (Å²) in [5.41, 5.74) is 2.45. The van der Waals surface area contributed by atoms with Crippen LogP contribution in [0.5, 0.6) is 0 Å². The molecule has 1 aliphatic heterocycles. The lowest BCUT2D eigenvalue weighted by Gasteiger charge is -2.17. The smallest absolute Gasteiger partial charge is 0.466 e. The van der Waals surface area contributed by atoms with E-state index in [9.17, 15) is 26.7 Å². The highest BCUT2D eigenvalue weighted by atomic mass is 19.4. The van der Waals surface area contributed by atoms with E-state index in [1.165, 1.54) is 6.07 Å². The van der Waals surface area contributed by atoms with E-state index in [1.54, 1.807) is 55.5 Å². The van der Waals surface area contributed by atoms with Crippen molar-refractivity contribution in [3.8, 4) is 22.5 Å². The van der Waals surface area contributed by atoms with E-state index in [0.717, 1.165) is 23.3 Å². The zero-order valence-corrected chi connectivity index (χ0v) is 20.4. The highest BCUT2D eigenvalue weighted by Gasteiger charge is 2.39. The fourth-order valence-corrected chi connectivity index (χ4v) is 4.48. The van der Waals surface area contributed by atoms with Crippen LogP contribution in [0.3, 0.4) is 0 Å². The number of nitrogens with zero attached hydrogens (tertiary/aromatic N) is 3. The molecule has 3 aromatic carbocycles. The molecule has 0 fully saturated rings. The van der Waals surface area contributed by atoms with Gasteiger partial charge in [-0.05, 0) is 35.7 Å². The average molecular weight is 541 g/mol. The Labute approximate surface area is 219 Å². The van der Waals surface area contributed by atoms with Crippen LogP contribution in [0, 0.1) is 17.6 Å². The van der Waals surface area contributed by atoms with Crippen LogP contribution in [0.25, 0.3) is 22.5 Å². The first-order chi connectivity index (χ1) is 18.7. The second kappa shape index (κ2) is 10.4. The quantitative estimate of drug-likeness (QED) is 0.198. The molecule has 200 valence electrons. The first-order valence-corrected chi connectivity index (χ1v) is 11.9. The number of alkyl halides is 3. The summed E-state index contributed by atoms with van der Waals surface area (Å²) < 4.78 is 76.6. The van der Waals surface area contributed by atoms with E-state index in [4.69, 9.17) is 4.74 Å². The minimum absolute atomic E-state index is 0.0245. The molecule has 0 amide bonds. The standard InChI is InChI=1S/C28H20F5N3O3/c1-2-38-26(37)19-14-22(23-20(29)4-3-5-21(23)30)34-24(19)17-10-6-15(7-11-17)16-8-12-18(13-9-16)25-35-27(39-36-25)28(31,32)33/h3-13,19,24H,2,14H2,1H3/t19-,24-/m0/s1. The fraction of sp³-hybridized carbons (Fsp3) is 0.214. The van der Waals surface area contributed by atoms with Crippen LogP contribution in [0.1, 0.15) is 36.4 Å². The summed E-state index contributed by atoms with van der Waals surface area (Å²) >= 11 is 0. The Morgan fingerprint density at radius 1 is 0.949 bits per heavy atom. The second-order valence-corrected chi connectivity index (χ2v) is 8.80. The zero-order chi connectivity index (χ0) is 27.7. The van der Waals surface area contributed by atoms with Gasteiger partial charge in [0.1, 0.15) is 11.6 Å². The van der Waals surface area contributed by atoms with Crippen LogP contribution in [-0.4, -0.2) is 28.4 Å². The minimum Gasteiger partial charge on any atom is -0.466 e. The van der Waals surface area contributed by atoms with Crippen LogP contribution in [0.15, 0.2) is 76.2 Å². The number of aromatic nitrogens is 2. The maximum absolute atomic E-state index is 14.4. The molecule has 5 rings (SSSR count). The van der Waals surface area contributed by atoms with E-state index in [0.29, 0.717) is 11.1 Å². The molecule has 0 N–H and O–H groups in total. The maximum atomic E-state index is 14.4. The highest BCUT2D eigenvalue weighted by molar-refractivity contribution is 6.04. The number of aliphatic imine (C=N–C) groups is 1. The van der Waals surface area contributed by atoms with E-state index < -0.39 is 41.6 Å². The third-order valence-corrected chi connectivity index (χ3v) is 6.33. The Hall–Kier alpha value is -4.41. The molecule has 6 nitrogen and oxygen atoms in total. The zero-order valence-electron chi connectivity index (χ0n) is 20.4. The van der Waals surface area contributed by atoms with Gasteiger partial charge in [0.15, 0.2) is 0 Å². The van der Waals surface area contributed by atoms with Crippen LogP contribution < -0.4 is 0 Å². The number of halogens is 5. The summed E-state index contributed by atoms with van der Waals surface area (Å²) in [7, 11) is 0. The molecule has 0 spiro atoms. The molecule has 0 saturated heterocycles. The third kappa shape index (κ3) is 5.29. The van der Waals surface area contributed by atoms with Gasteiger partial charge in [-0.2, -0.15) is 18.2 Å². The average Bonchev–Trinajstić information content (AvgIpc) is 3.58. The molecule has 0 unspecified atom stereocenters. The largest absolute Gasteiger partial charge is 0.471 e. The monoisotopic (exact) mass is 541 g/mol. The lowest BCUT2D eigenvalue weighted by molar-refractivity contribution is -0.159. The van der Waals surface area contributed by atoms with Gasteiger partial charge in [0.2, 0.25) is 5.82 Å². The number of esters is 1. The minimum atomic E-state index is -4.73. The van der Waals surface area contributed by atoms with E-state index in [1.807, 2.05) is 0 Å². The third-order valence-electron chi connectivity index (χ3n) is 6.33. The van der Waals surface area contributed by atoms with Crippen molar-refractivity contribution < 1.29 is 36.0 Å². The van der Waals surface area contributed by atoms with Crippen LogP contribution >= 0.6 is 0 Å². The van der Waals surface area contributed by atoms with Gasteiger partial charge in [-0.25, -0.2) is 8.78 Å². The lowest BCUT2D eigenvalue weighted by Crippen LogP contribution is -2.22. The molecular formula is C28H20F5N3O3. The number of rotatable bonds is 6. The molecule has 2 heterocycles. The van der Waals surface area contributed by atoms with Crippen LogP contribution in [0.2, 0.25) is 0 Å². The lowest BCUT2D eigenvalue weighted by atomic mass is 9.90. The molecule has 0 aliphatic carbocycles. The number of benzene rings is 3. The van der Waals surface area contributed by atoms with E-state index in [-0.39, 0.29) is 30.1 Å². The Kier molecular flexibility index (Phi) is 6.98. The molecule has 39 heavy (non-hydrogen) atoms. The number of hydrogen-bond acceptors (Lipinski definition) is 6. The second-order valence-electron chi connectivity index (χ2n) is 8.80. The van der Waals surface area contributed by atoms with Gasteiger partial charge in [0.25, 0.3) is 0 Å². The molecule has 0 radical (unpaired) electrons. The molecule has 0 saturated carbocycles. The molecular weight excluding hydrogens is 521 g/mol. The SMILES string of the molecule is CCOC(=O)[C@H]1CC(c2c(F)cccc2F)=N[C@H]1c1ccc(-c2ccc(-c3noc(C(F)(F)F)n3)cc2)cc1. The highest BCUT2D eigenvalue weighted by Crippen LogP contribution is 2.39. The van der Waals surface area contributed by atoms with Crippen molar-refractivity contribution in [2.24, 2.45) is 10.9 Å². The van der Waals surface area contributed by atoms with Gasteiger partial charge in [-0.1, -0.05) is 59.8 Å². The molecule has 4 aromatic rings. The van der Waals surface area contributed by atoms with Gasteiger partial charge in [0.05, 0.1) is 24.1 Å².